The van der Waals surface area contributed by atoms with Crippen molar-refractivity contribution in [3.05, 3.63) is 12.2 Å². The maximum atomic E-state index is 13.1. The molecular weight excluding hydrogens is 937 g/mol. The summed E-state index contributed by atoms with van der Waals surface area (Å²) in [4.78, 5) is 25.9. The molecule has 0 aliphatic carbocycles. The first kappa shape index (κ1) is 67.3. The van der Waals surface area contributed by atoms with Crippen molar-refractivity contribution in [3.8, 4) is 0 Å². The standard InChI is InChI=1S/C58H108O15/c1-3-5-7-9-11-13-15-17-19-21-23-25-27-29-31-33-35-37-39-41-50(61)71-46(43-68-49(60)40-38-36-34-32-30-28-26-24-22-20-18-16-14-12-10-8-6-4-2)44-69-57-56(67)54(65)52(63)48(73-57)45-70-58-55(66)53(64)51(62)47(42-59)72-58/h17,19,46-48,51-59,62-67H,3-16,18,20-45H2,1-2H3/b19-17+/t46-,47+,48+,51-,52-,53?,54?,55?,56?,57+,58+/m0/s1. The molecule has 11 atom stereocenters. The van der Waals surface area contributed by atoms with Gasteiger partial charge in [-0.1, -0.05) is 212 Å². The quantitative estimate of drug-likeness (QED) is 0.0171. The number of hydrogen-bond acceptors (Lipinski definition) is 15. The molecule has 0 spiro atoms. The molecule has 2 aliphatic heterocycles. The Morgan fingerprint density at radius 2 is 0.781 bits per heavy atom. The topological polar surface area (TPSA) is 231 Å². The summed E-state index contributed by atoms with van der Waals surface area (Å²) >= 11 is 0. The summed E-state index contributed by atoms with van der Waals surface area (Å²) < 4.78 is 33.7. The SMILES string of the molecule is CCCCCCCC/C=C/CCCCCCCCCCCC(=O)O[C@@H](COC(=O)CCCCCCCCCCCCCCCCCCCC)CO[C@@H]1O[C@H](CO[C@@H]2O[C@H](CO)[C@H](O)C(O)C2O)[C@H](O)C(O)C1O. The molecule has 4 unspecified atom stereocenters. The average Bonchev–Trinajstić information content (AvgIpc) is 3.38. The van der Waals surface area contributed by atoms with Gasteiger partial charge in [-0.15, -0.1) is 0 Å². The Morgan fingerprint density at radius 3 is 1.21 bits per heavy atom. The molecule has 2 rings (SSSR count). The van der Waals surface area contributed by atoms with Gasteiger partial charge in [0.25, 0.3) is 0 Å². The van der Waals surface area contributed by atoms with Crippen molar-refractivity contribution in [2.75, 3.05) is 26.4 Å². The van der Waals surface area contributed by atoms with Crippen molar-refractivity contribution < 1.29 is 73.8 Å². The van der Waals surface area contributed by atoms with E-state index in [1.54, 1.807) is 0 Å². The van der Waals surface area contributed by atoms with Gasteiger partial charge in [0.15, 0.2) is 18.7 Å². The van der Waals surface area contributed by atoms with Gasteiger partial charge in [0, 0.05) is 12.8 Å². The lowest BCUT2D eigenvalue weighted by molar-refractivity contribution is -0.332. The zero-order valence-electron chi connectivity index (χ0n) is 45.9. The van der Waals surface area contributed by atoms with E-state index in [1.165, 1.54) is 167 Å². The zero-order valence-corrected chi connectivity index (χ0v) is 45.9. The number of aliphatic hydroxyl groups is 7. The van der Waals surface area contributed by atoms with Crippen LogP contribution in [0.4, 0.5) is 0 Å². The number of ether oxygens (including phenoxy) is 6. The maximum Gasteiger partial charge on any atom is 0.306 e. The Bertz CT molecular complexity index is 1320. The summed E-state index contributed by atoms with van der Waals surface area (Å²) in [5.41, 5.74) is 0. The van der Waals surface area contributed by atoms with E-state index in [-0.39, 0.29) is 26.1 Å². The van der Waals surface area contributed by atoms with Crippen LogP contribution >= 0.6 is 0 Å². The summed E-state index contributed by atoms with van der Waals surface area (Å²) in [5.74, 6) is -0.911. The Hall–Kier alpha value is -1.76. The predicted molar refractivity (Wildman–Crippen MR) is 285 cm³/mol. The van der Waals surface area contributed by atoms with Gasteiger partial charge in [0.1, 0.15) is 55.4 Å². The summed E-state index contributed by atoms with van der Waals surface area (Å²) in [5, 5.41) is 72.3. The van der Waals surface area contributed by atoms with Crippen LogP contribution in [0.25, 0.3) is 0 Å². The van der Waals surface area contributed by atoms with Crippen molar-refractivity contribution in [2.45, 2.75) is 319 Å². The van der Waals surface area contributed by atoms with E-state index in [9.17, 15) is 45.3 Å². The fraction of sp³-hybridized carbons (Fsp3) is 0.931. The molecular formula is C58H108O15. The van der Waals surface area contributed by atoms with Gasteiger partial charge in [0.2, 0.25) is 0 Å². The van der Waals surface area contributed by atoms with Gasteiger partial charge in [-0.05, 0) is 38.5 Å². The van der Waals surface area contributed by atoms with E-state index in [2.05, 4.69) is 26.0 Å². The number of carbonyl (C=O) groups excluding carboxylic acids is 2. The first-order chi connectivity index (χ1) is 35.5. The first-order valence-corrected chi connectivity index (χ1v) is 29.8. The number of aliphatic hydroxyl groups excluding tert-OH is 7. The van der Waals surface area contributed by atoms with E-state index >= 15 is 0 Å². The fourth-order valence-corrected chi connectivity index (χ4v) is 9.63. The van der Waals surface area contributed by atoms with Crippen LogP contribution in [0.1, 0.15) is 251 Å². The molecule has 430 valence electrons. The van der Waals surface area contributed by atoms with E-state index < -0.39 is 92.7 Å². The lowest BCUT2D eigenvalue weighted by Gasteiger charge is -2.42. The van der Waals surface area contributed by atoms with Crippen molar-refractivity contribution in [1.29, 1.82) is 0 Å². The third kappa shape index (κ3) is 32.6. The Morgan fingerprint density at radius 1 is 0.425 bits per heavy atom. The van der Waals surface area contributed by atoms with E-state index in [1.807, 2.05) is 0 Å². The second kappa shape index (κ2) is 45.3. The molecule has 73 heavy (non-hydrogen) atoms. The highest BCUT2D eigenvalue weighted by Gasteiger charge is 2.47. The highest BCUT2D eigenvalue weighted by molar-refractivity contribution is 5.70. The number of esters is 2. The number of allylic oxidation sites excluding steroid dienone is 2. The molecule has 0 amide bonds. The molecule has 15 nitrogen and oxygen atoms in total. The van der Waals surface area contributed by atoms with Gasteiger partial charge in [0.05, 0.1) is 19.8 Å². The fourth-order valence-electron chi connectivity index (χ4n) is 9.63. The van der Waals surface area contributed by atoms with E-state index in [0.29, 0.717) is 12.8 Å². The Balaban J connectivity index is 1.74. The zero-order chi connectivity index (χ0) is 53.2. The van der Waals surface area contributed by atoms with Crippen molar-refractivity contribution in [3.63, 3.8) is 0 Å². The normalized spacial score (nSPS) is 24.8. The molecule has 0 saturated carbocycles. The largest absolute Gasteiger partial charge is 0.462 e. The monoisotopic (exact) mass is 1040 g/mol. The van der Waals surface area contributed by atoms with Gasteiger partial charge in [-0.25, -0.2) is 0 Å². The molecule has 0 aromatic heterocycles. The molecule has 2 saturated heterocycles. The summed E-state index contributed by atoms with van der Waals surface area (Å²) in [6, 6.07) is 0. The van der Waals surface area contributed by atoms with Crippen LogP contribution in [0.15, 0.2) is 12.2 Å². The second-order valence-corrected chi connectivity index (χ2v) is 21.2. The minimum Gasteiger partial charge on any atom is -0.462 e. The Kier molecular flexibility index (Phi) is 41.8. The summed E-state index contributed by atoms with van der Waals surface area (Å²) in [7, 11) is 0. The smallest absolute Gasteiger partial charge is 0.306 e. The lowest BCUT2D eigenvalue weighted by Crippen LogP contribution is -2.61. The van der Waals surface area contributed by atoms with Crippen LogP contribution in [0.3, 0.4) is 0 Å². The van der Waals surface area contributed by atoms with Crippen LogP contribution in [-0.4, -0.2) is 142 Å². The van der Waals surface area contributed by atoms with Crippen LogP contribution in [0, 0.1) is 0 Å². The molecule has 15 heteroatoms. The van der Waals surface area contributed by atoms with Crippen LogP contribution in [0.2, 0.25) is 0 Å². The Labute approximate surface area is 441 Å². The third-order valence-electron chi connectivity index (χ3n) is 14.5. The molecule has 0 aromatic carbocycles. The van der Waals surface area contributed by atoms with Crippen LogP contribution in [-0.2, 0) is 38.0 Å². The minimum absolute atomic E-state index is 0.168. The van der Waals surface area contributed by atoms with Gasteiger partial charge < -0.3 is 64.2 Å². The molecule has 7 N–H and O–H groups in total. The first-order valence-electron chi connectivity index (χ1n) is 29.8. The highest BCUT2D eigenvalue weighted by atomic mass is 16.7. The van der Waals surface area contributed by atoms with Crippen molar-refractivity contribution in [1.82, 2.24) is 0 Å². The van der Waals surface area contributed by atoms with Gasteiger partial charge in [-0.2, -0.15) is 0 Å². The van der Waals surface area contributed by atoms with Crippen molar-refractivity contribution >= 4 is 11.9 Å². The highest BCUT2D eigenvalue weighted by Crippen LogP contribution is 2.27. The summed E-state index contributed by atoms with van der Waals surface area (Å²) in [6.45, 7) is 2.64. The van der Waals surface area contributed by atoms with Crippen LogP contribution in [0.5, 0.6) is 0 Å². The van der Waals surface area contributed by atoms with E-state index in [4.69, 9.17) is 28.4 Å². The molecule has 0 bridgehead atoms. The average molecular weight is 1050 g/mol. The number of hydrogen-bond donors (Lipinski definition) is 7. The molecule has 0 aromatic rings. The lowest BCUT2D eigenvalue weighted by atomic mass is 9.98. The molecule has 2 fully saturated rings. The van der Waals surface area contributed by atoms with Gasteiger partial charge in [-0.3, -0.25) is 9.59 Å². The van der Waals surface area contributed by atoms with Crippen molar-refractivity contribution in [2.24, 2.45) is 0 Å². The van der Waals surface area contributed by atoms with E-state index in [0.717, 1.165) is 44.9 Å². The van der Waals surface area contributed by atoms with Gasteiger partial charge >= 0.3 is 11.9 Å². The third-order valence-corrected chi connectivity index (χ3v) is 14.5. The number of unbranched alkanes of at least 4 members (excludes halogenated alkanes) is 32. The summed E-state index contributed by atoms with van der Waals surface area (Å²) in [6.07, 6.45) is 30.8. The number of carbonyl (C=O) groups is 2. The number of rotatable bonds is 48. The molecule has 2 heterocycles. The minimum atomic E-state index is -1.76. The molecule has 2 aliphatic rings. The maximum absolute atomic E-state index is 13.1. The molecule has 0 radical (unpaired) electrons. The van der Waals surface area contributed by atoms with Crippen LogP contribution < -0.4 is 0 Å². The predicted octanol–water partition coefficient (Wildman–Crippen LogP) is 10.1. The second-order valence-electron chi connectivity index (χ2n) is 21.2.